The average Bonchev–Trinajstić information content (AvgIpc) is 2.77. The molecule has 0 rings (SSSR count). The molecule has 1 N–H and O–H groups in total. The Morgan fingerprint density at radius 3 is 1.77 bits per heavy atom. The van der Waals surface area contributed by atoms with Gasteiger partial charge < -0.3 is 14.6 Å². The number of allylic oxidation sites excluding steroid dienone is 2. The standard InChI is InChI=1S/C27H52O4/c1-3-5-6-7-8-9-10-11-12-13-14-15-16-17-18-19-20-21-23-30-25-26(24-28)31-27(29)22-4-2/h11-12,26,28H,3-10,13-25H2,1-2H3/b12-11-. The van der Waals surface area contributed by atoms with Crippen molar-refractivity contribution >= 4 is 5.97 Å². The lowest BCUT2D eigenvalue weighted by atomic mass is 10.1. The van der Waals surface area contributed by atoms with Gasteiger partial charge in [0, 0.05) is 13.0 Å². The molecular weight excluding hydrogens is 388 g/mol. The SMILES string of the molecule is CCCCCCCC/C=C\CCCCCCCCCCOCC(CO)OC(=O)CCC. The van der Waals surface area contributed by atoms with Crippen molar-refractivity contribution in [2.45, 2.75) is 136 Å². The van der Waals surface area contributed by atoms with Crippen molar-refractivity contribution in [3.63, 3.8) is 0 Å². The van der Waals surface area contributed by atoms with E-state index in [4.69, 9.17) is 9.47 Å². The predicted molar refractivity (Wildman–Crippen MR) is 131 cm³/mol. The topological polar surface area (TPSA) is 55.8 Å². The van der Waals surface area contributed by atoms with Crippen molar-refractivity contribution in [1.82, 2.24) is 0 Å². The number of aliphatic hydroxyl groups is 1. The van der Waals surface area contributed by atoms with Gasteiger partial charge in [-0.25, -0.2) is 0 Å². The van der Waals surface area contributed by atoms with E-state index < -0.39 is 6.10 Å². The van der Waals surface area contributed by atoms with Crippen molar-refractivity contribution in [3.8, 4) is 0 Å². The molecule has 0 bridgehead atoms. The van der Waals surface area contributed by atoms with E-state index in [2.05, 4.69) is 19.1 Å². The summed E-state index contributed by atoms with van der Waals surface area (Å²) in [7, 11) is 0. The number of carbonyl (C=O) groups is 1. The van der Waals surface area contributed by atoms with Crippen LogP contribution in [-0.4, -0.2) is 37.0 Å². The van der Waals surface area contributed by atoms with Crippen LogP contribution in [0.3, 0.4) is 0 Å². The summed E-state index contributed by atoms with van der Waals surface area (Å²) in [5, 5.41) is 9.24. The lowest BCUT2D eigenvalue weighted by Gasteiger charge is -2.15. The van der Waals surface area contributed by atoms with E-state index in [1.54, 1.807) is 0 Å². The minimum Gasteiger partial charge on any atom is -0.457 e. The van der Waals surface area contributed by atoms with Crippen molar-refractivity contribution in [1.29, 1.82) is 0 Å². The van der Waals surface area contributed by atoms with Crippen LogP contribution in [0.25, 0.3) is 0 Å². The van der Waals surface area contributed by atoms with E-state index in [1.807, 2.05) is 6.92 Å². The summed E-state index contributed by atoms with van der Waals surface area (Å²) in [6.07, 6.45) is 26.4. The Hall–Kier alpha value is -0.870. The highest BCUT2D eigenvalue weighted by Gasteiger charge is 2.12. The molecule has 0 saturated carbocycles. The highest BCUT2D eigenvalue weighted by Crippen LogP contribution is 2.11. The summed E-state index contributed by atoms with van der Waals surface area (Å²) in [6, 6.07) is 0. The van der Waals surface area contributed by atoms with Gasteiger partial charge in [0.25, 0.3) is 0 Å². The van der Waals surface area contributed by atoms with Crippen LogP contribution in [0.2, 0.25) is 0 Å². The van der Waals surface area contributed by atoms with Crippen molar-refractivity contribution < 1.29 is 19.4 Å². The van der Waals surface area contributed by atoms with Crippen LogP contribution in [0.1, 0.15) is 129 Å². The number of carbonyl (C=O) groups excluding carboxylic acids is 1. The Morgan fingerprint density at radius 2 is 1.26 bits per heavy atom. The summed E-state index contributed by atoms with van der Waals surface area (Å²) in [6.45, 7) is 4.99. The second-order valence-electron chi connectivity index (χ2n) is 8.76. The van der Waals surface area contributed by atoms with Gasteiger partial charge in [-0.3, -0.25) is 4.79 Å². The largest absolute Gasteiger partial charge is 0.457 e. The van der Waals surface area contributed by atoms with Gasteiger partial charge in [0.05, 0.1) is 13.2 Å². The maximum Gasteiger partial charge on any atom is 0.306 e. The van der Waals surface area contributed by atoms with Crippen LogP contribution in [0.4, 0.5) is 0 Å². The van der Waals surface area contributed by atoms with E-state index >= 15 is 0 Å². The van der Waals surface area contributed by atoms with E-state index in [9.17, 15) is 9.90 Å². The Labute approximate surface area is 193 Å². The minimum atomic E-state index is -0.524. The molecule has 0 aromatic heterocycles. The molecule has 0 fully saturated rings. The lowest BCUT2D eigenvalue weighted by Crippen LogP contribution is -2.27. The van der Waals surface area contributed by atoms with Crippen molar-refractivity contribution in [2.75, 3.05) is 19.8 Å². The molecule has 0 radical (unpaired) electrons. The van der Waals surface area contributed by atoms with Gasteiger partial charge in [-0.2, -0.15) is 0 Å². The Kier molecular flexibility index (Phi) is 24.7. The monoisotopic (exact) mass is 440 g/mol. The molecular formula is C27H52O4. The predicted octanol–water partition coefficient (Wildman–Crippen LogP) is 7.52. The number of unbranched alkanes of at least 4 members (excludes halogenated alkanes) is 14. The van der Waals surface area contributed by atoms with E-state index in [1.165, 1.54) is 96.3 Å². The molecule has 0 aromatic carbocycles. The van der Waals surface area contributed by atoms with Crippen molar-refractivity contribution in [3.05, 3.63) is 12.2 Å². The lowest BCUT2D eigenvalue weighted by molar-refractivity contribution is -0.154. The zero-order valence-corrected chi connectivity index (χ0v) is 20.8. The third-order valence-electron chi connectivity index (χ3n) is 5.56. The average molecular weight is 441 g/mol. The Balaban J connectivity index is 3.27. The van der Waals surface area contributed by atoms with Gasteiger partial charge in [0.2, 0.25) is 0 Å². The van der Waals surface area contributed by atoms with Gasteiger partial charge in [0.1, 0.15) is 6.10 Å². The van der Waals surface area contributed by atoms with Gasteiger partial charge in [0.15, 0.2) is 0 Å². The quantitative estimate of drug-likeness (QED) is 0.0957. The third-order valence-corrected chi connectivity index (χ3v) is 5.56. The zero-order chi connectivity index (χ0) is 22.8. The highest BCUT2D eigenvalue weighted by atomic mass is 16.6. The van der Waals surface area contributed by atoms with Crippen molar-refractivity contribution in [2.24, 2.45) is 0 Å². The van der Waals surface area contributed by atoms with E-state index in [0.717, 1.165) is 12.8 Å². The first kappa shape index (κ1) is 30.1. The first-order chi connectivity index (χ1) is 15.2. The zero-order valence-electron chi connectivity index (χ0n) is 20.8. The molecule has 1 atom stereocenters. The van der Waals surface area contributed by atoms with Gasteiger partial charge in [-0.15, -0.1) is 0 Å². The fourth-order valence-electron chi connectivity index (χ4n) is 3.59. The summed E-state index contributed by atoms with van der Waals surface area (Å²) < 4.78 is 10.7. The summed E-state index contributed by atoms with van der Waals surface area (Å²) in [4.78, 5) is 11.4. The number of aliphatic hydroxyl groups excluding tert-OH is 1. The van der Waals surface area contributed by atoms with Gasteiger partial charge in [-0.1, -0.05) is 96.6 Å². The van der Waals surface area contributed by atoms with E-state index in [-0.39, 0.29) is 12.6 Å². The molecule has 0 aliphatic carbocycles. The van der Waals surface area contributed by atoms with Gasteiger partial charge in [-0.05, 0) is 38.5 Å². The molecule has 31 heavy (non-hydrogen) atoms. The summed E-state index contributed by atoms with van der Waals surface area (Å²) in [5.74, 6) is -0.255. The minimum absolute atomic E-state index is 0.176. The number of hydrogen-bond acceptors (Lipinski definition) is 4. The van der Waals surface area contributed by atoms with Crippen LogP contribution in [0, 0.1) is 0 Å². The Bertz CT molecular complexity index is 395. The second kappa shape index (κ2) is 25.4. The van der Waals surface area contributed by atoms with Crippen LogP contribution >= 0.6 is 0 Å². The molecule has 0 heterocycles. The number of esters is 1. The molecule has 0 amide bonds. The summed E-state index contributed by atoms with van der Waals surface area (Å²) in [5.41, 5.74) is 0. The first-order valence-corrected chi connectivity index (χ1v) is 13.3. The molecule has 184 valence electrons. The molecule has 0 saturated heterocycles. The molecule has 1 unspecified atom stereocenters. The second-order valence-corrected chi connectivity index (χ2v) is 8.76. The Morgan fingerprint density at radius 1 is 0.742 bits per heavy atom. The van der Waals surface area contributed by atoms with Crippen LogP contribution in [0.5, 0.6) is 0 Å². The maximum atomic E-state index is 11.4. The fourth-order valence-corrected chi connectivity index (χ4v) is 3.59. The van der Waals surface area contributed by atoms with Gasteiger partial charge >= 0.3 is 5.97 Å². The molecule has 4 heteroatoms. The first-order valence-electron chi connectivity index (χ1n) is 13.3. The highest BCUT2D eigenvalue weighted by molar-refractivity contribution is 5.69. The van der Waals surface area contributed by atoms with Crippen LogP contribution in [-0.2, 0) is 14.3 Å². The number of rotatable bonds is 24. The molecule has 0 spiro atoms. The normalized spacial score (nSPS) is 12.5. The van der Waals surface area contributed by atoms with Crippen LogP contribution in [0.15, 0.2) is 12.2 Å². The fraction of sp³-hybridized carbons (Fsp3) is 0.889. The molecule has 0 aliphatic heterocycles. The number of ether oxygens (including phenoxy) is 2. The summed E-state index contributed by atoms with van der Waals surface area (Å²) >= 11 is 0. The van der Waals surface area contributed by atoms with E-state index in [0.29, 0.717) is 19.6 Å². The maximum absolute atomic E-state index is 11.4. The number of hydrogen-bond donors (Lipinski definition) is 1. The molecule has 0 aromatic rings. The third kappa shape index (κ3) is 23.6. The smallest absolute Gasteiger partial charge is 0.306 e. The molecule has 0 aliphatic rings. The van der Waals surface area contributed by atoms with Crippen LogP contribution < -0.4 is 0 Å². The molecule has 4 nitrogen and oxygen atoms in total.